The average Bonchev–Trinajstić information content (AvgIpc) is 3.44. The summed E-state index contributed by atoms with van der Waals surface area (Å²) >= 11 is 0. The molecule has 7 aromatic carbocycles. The summed E-state index contributed by atoms with van der Waals surface area (Å²) in [6.07, 6.45) is 0. The molecule has 0 N–H and O–H groups in total. The van der Waals surface area contributed by atoms with Gasteiger partial charge in [0.1, 0.15) is 5.65 Å². The van der Waals surface area contributed by atoms with Crippen molar-refractivity contribution in [3.8, 4) is 22.3 Å². The van der Waals surface area contributed by atoms with Gasteiger partial charge in [-0.2, -0.15) is 0 Å². The number of imidazole rings is 1. The zero-order chi connectivity index (χ0) is 26.9. The third-order valence-electron chi connectivity index (χ3n) is 8.56. The van der Waals surface area contributed by atoms with Crippen LogP contribution in [-0.2, 0) is 0 Å². The second-order valence-electron chi connectivity index (χ2n) is 10.8. The Morgan fingerprint density at radius 3 is 1.98 bits per heavy atom. The van der Waals surface area contributed by atoms with Gasteiger partial charge in [-0.25, -0.2) is 4.98 Å². The van der Waals surface area contributed by atoms with Gasteiger partial charge in [-0.3, -0.25) is 4.40 Å². The fourth-order valence-electron chi connectivity index (χ4n) is 6.63. The summed E-state index contributed by atoms with van der Waals surface area (Å²) in [5, 5.41) is 8.72. The second kappa shape index (κ2) is 8.51. The molecule has 0 fully saturated rings. The normalized spacial score (nSPS) is 11.9. The van der Waals surface area contributed by atoms with E-state index >= 15 is 0 Å². The van der Waals surface area contributed by atoms with Crippen molar-refractivity contribution in [3.05, 3.63) is 146 Å². The van der Waals surface area contributed by atoms with Crippen LogP contribution in [0.25, 0.3) is 82.2 Å². The molecule has 0 atom stereocenters. The Labute approximate surface area is 236 Å². The van der Waals surface area contributed by atoms with Crippen LogP contribution in [0.15, 0.2) is 146 Å². The number of nitrogens with zero attached hydrogens (tertiary/aromatic N) is 2. The molecule has 0 saturated carbocycles. The molecule has 9 rings (SSSR count). The number of hydrogen-bond donors (Lipinski definition) is 0. The summed E-state index contributed by atoms with van der Waals surface area (Å²) in [5.74, 6) is 0. The lowest BCUT2D eigenvalue weighted by atomic mass is 9.94. The molecule has 0 saturated heterocycles. The summed E-state index contributed by atoms with van der Waals surface area (Å²) in [4.78, 5) is 5.10. The molecule has 0 bridgehead atoms. The fourth-order valence-corrected chi connectivity index (χ4v) is 6.63. The minimum absolute atomic E-state index is 1.01. The predicted octanol–water partition coefficient (Wildman–Crippen LogP) is 10.4. The maximum absolute atomic E-state index is 5.10. The summed E-state index contributed by atoms with van der Waals surface area (Å²) < 4.78 is 2.33. The minimum atomic E-state index is 1.01. The van der Waals surface area contributed by atoms with Crippen molar-refractivity contribution in [2.45, 2.75) is 0 Å². The molecular formula is C39H24N2. The van der Waals surface area contributed by atoms with Crippen molar-refractivity contribution >= 4 is 59.9 Å². The lowest BCUT2D eigenvalue weighted by Crippen LogP contribution is -1.93. The van der Waals surface area contributed by atoms with Crippen LogP contribution in [-0.4, -0.2) is 9.38 Å². The molecule has 0 amide bonds. The molecule has 0 unspecified atom stereocenters. The van der Waals surface area contributed by atoms with Gasteiger partial charge in [0, 0.05) is 16.2 Å². The molecule has 2 nitrogen and oxygen atoms in total. The first-order chi connectivity index (χ1) is 20.3. The van der Waals surface area contributed by atoms with Crippen LogP contribution in [0, 0.1) is 0 Å². The van der Waals surface area contributed by atoms with Crippen LogP contribution >= 0.6 is 0 Å². The van der Waals surface area contributed by atoms with Crippen LogP contribution in [0.3, 0.4) is 0 Å². The third kappa shape index (κ3) is 3.28. The van der Waals surface area contributed by atoms with Gasteiger partial charge in [0.15, 0.2) is 0 Å². The molecule has 2 heterocycles. The summed E-state index contributed by atoms with van der Waals surface area (Å²) in [6.45, 7) is 0. The van der Waals surface area contributed by atoms with Gasteiger partial charge in [0.05, 0.1) is 16.6 Å². The van der Waals surface area contributed by atoms with Crippen molar-refractivity contribution in [1.29, 1.82) is 0 Å². The zero-order valence-electron chi connectivity index (χ0n) is 22.3. The van der Waals surface area contributed by atoms with E-state index in [0.717, 1.165) is 16.7 Å². The first-order valence-electron chi connectivity index (χ1n) is 14.1. The highest BCUT2D eigenvalue weighted by molar-refractivity contribution is 6.24. The highest BCUT2D eigenvalue weighted by Gasteiger charge is 2.16. The lowest BCUT2D eigenvalue weighted by Gasteiger charge is -2.13. The van der Waals surface area contributed by atoms with Crippen molar-refractivity contribution < 1.29 is 0 Å². The largest absolute Gasteiger partial charge is 0.292 e. The van der Waals surface area contributed by atoms with Crippen LogP contribution < -0.4 is 0 Å². The molecule has 0 aliphatic heterocycles. The van der Waals surface area contributed by atoms with E-state index < -0.39 is 0 Å². The fraction of sp³-hybridized carbons (Fsp3) is 0. The van der Waals surface area contributed by atoms with E-state index in [2.05, 4.69) is 150 Å². The van der Waals surface area contributed by atoms with E-state index in [1.807, 2.05) is 0 Å². The first kappa shape index (κ1) is 22.4. The number of pyridine rings is 1. The smallest absolute Gasteiger partial charge is 0.146 e. The Bertz CT molecular complexity index is 2460. The topological polar surface area (TPSA) is 17.3 Å². The Balaban J connectivity index is 1.30. The van der Waals surface area contributed by atoms with E-state index in [1.54, 1.807) is 0 Å². The van der Waals surface area contributed by atoms with Gasteiger partial charge in [0.2, 0.25) is 0 Å². The molecule has 0 radical (unpaired) electrons. The molecule has 0 aliphatic carbocycles. The second-order valence-corrected chi connectivity index (χ2v) is 10.8. The molecule has 0 aliphatic rings. The summed E-state index contributed by atoms with van der Waals surface area (Å²) in [7, 11) is 0. The minimum Gasteiger partial charge on any atom is -0.292 e. The van der Waals surface area contributed by atoms with Gasteiger partial charge >= 0.3 is 0 Å². The maximum atomic E-state index is 5.10. The first-order valence-corrected chi connectivity index (χ1v) is 14.1. The molecular weight excluding hydrogens is 496 g/mol. The Morgan fingerprint density at radius 1 is 0.415 bits per heavy atom. The molecule has 2 aromatic heterocycles. The van der Waals surface area contributed by atoms with Crippen LogP contribution in [0.4, 0.5) is 0 Å². The van der Waals surface area contributed by atoms with Gasteiger partial charge in [0.25, 0.3) is 0 Å². The van der Waals surface area contributed by atoms with Gasteiger partial charge in [-0.05, 0) is 74.1 Å². The third-order valence-corrected chi connectivity index (χ3v) is 8.56. The van der Waals surface area contributed by atoms with Crippen molar-refractivity contribution in [2.24, 2.45) is 0 Å². The van der Waals surface area contributed by atoms with Gasteiger partial charge < -0.3 is 0 Å². The van der Waals surface area contributed by atoms with Crippen LogP contribution in [0.5, 0.6) is 0 Å². The van der Waals surface area contributed by atoms with E-state index in [9.17, 15) is 0 Å². The van der Waals surface area contributed by atoms with Gasteiger partial charge in [-0.15, -0.1) is 0 Å². The number of para-hydroxylation sites is 2. The predicted molar refractivity (Wildman–Crippen MR) is 174 cm³/mol. The lowest BCUT2D eigenvalue weighted by molar-refractivity contribution is 1.32. The van der Waals surface area contributed by atoms with Crippen molar-refractivity contribution in [2.75, 3.05) is 0 Å². The Kier molecular flexibility index (Phi) is 4.64. The van der Waals surface area contributed by atoms with Crippen LogP contribution in [0.2, 0.25) is 0 Å². The molecule has 41 heavy (non-hydrogen) atoms. The van der Waals surface area contributed by atoms with E-state index in [1.165, 1.54) is 65.5 Å². The molecule has 0 spiro atoms. The van der Waals surface area contributed by atoms with Gasteiger partial charge in [-0.1, -0.05) is 115 Å². The maximum Gasteiger partial charge on any atom is 0.146 e. The van der Waals surface area contributed by atoms with E-state index in [4.69, 9.17) is 4.98 Å². The molecule has 2 heteroatoms. The zero-order valence-corrected chi connectivity index (χ0v) is 22.3. The monoisotopic (exact) mass is 520 g/mol. The SMILES string of the molecule is c1ccc2c(-c3ccc(-c4ccc5c(c4)c4c6ccccc6ccc4c4nc6ccccc6n54)cc3)cccc2c1. The standard InChI is InChI=1S/C39H24N2/c1-3-11-30-26(8-1)10-7-13-31(30)28-18-16-25(17-19-28)29-21-23-36-34(24-29)38-32-12-4-2-9-27(32)20-22-33(38)39-40-35-14-5-6-15-37(35)41(36)39/h1-24H. The number of aromatic nitrogens is 2. The number of fused-ring (bicyclic) bond motifs is 11. The van der Waals surface area contributed by atoms with Crippen molar-refractivity contribution in [3.63, 3.8) is 0 Å². The van der Waals surface area contributed by atoms with E-state index in [-0.39, 0.29) is 0 Å². The average molecular weight is 521 g/mol. The summed E-state index contributed by atoms with van der Waals surface area (Å²) in [6, 6.07) is 52.6. The Morgan fingerprint density at radius 2 is 1.10 bits per heavy atom. The van der Waals surface area contributed by atoms with Crippen LogP contribution in [0.1, 0.15) is 0 Å². The van der Waals surface area contributed by atoms with E-state index in [0.29, 0.717) is 0 Å². The quantitative estimate of drug-likeness (QED) is 0.207. The highest BCUT2D eigenvalue weighted by Crippen LogP contribution is 2.39. The highest BCUT2D eigenvalue weighted by atomic mass is 15.0. The van der Waals surface area contributed by atoms with Crippen molar-refractivity contribution in [1.82, 2.24) is 9.38 Å². The summed E-state index contributed by atoms with van der Waals surface area (Å²) in [5.41, 5.74) is 9.24. The molecule has 9 aromatic rings. The number of hydrogen-bond acceptors (Lipinski definition) is 1. The number of benzene rings is 7. The number of rotatable bonds is 2. The Hall–Kier alpha value is -5.47. The molecule has 190 valence electrons.